The van der Waals surface area contributed by atoms with Crippen molar-refractivity contribution < 1.29 is 14.6 Å². The maximum atomic E-state index is 10.0. The van der Waals surface area contributed by atoms with Crippen LogP contribution in [0.15, 0.2) is 12.1 Å². The second-order valence-electron chi connectivity index (χ2n) is 4.17. The van der Waals surface area contributed by atoms with E-state index >= 15 is 0 Å². The third-order valence-electron chi connectivity index (χ3n) is 3.08. The monoisotopic (exact) mass is 250 g/mol. The van der Waals surface area contributed by atoms with Crippen molar-refractivity contribution in [3.63, 3.8) is 0 Å². The lowest BCUT2D eigenvalue weighted by atomic mass is 10.0. The van der Waals surface area contributed by atoms with Gasteiger partial charge >= 0.3 is 0 Å². The van der Waals surface area contributed by atoms with Gasteiger partial charge in [0.2, 0.25) is 0 Å². The van der Waals surface area contributed by atoms with Crippen molar-refractivity contribution >= 4 is 10.9 Å². The summed E-state index contributed by atoms with van der Waals surface area (Å²) in [6, 6.07) is 3.67. The summed E-state index contributed by atoms with van der Waals surface area (Å²) in [5.41, 5.74) is 8.08. The topological polar surface area (TPSA) is 80.5 Å². The molecule has 1 aromatic heterocycles. The van der Waals surface area contributed by atoms with Crippen molar-refractivity contribution in [1.82, 2.24) is 4.98 Å². The molecule has 18 heavy (non-hydrogen) atoms. The van der Waals surface area contributed by atoms with E-state index in [4.69, 9.17) is 15.2 Å². The van der Waals surface area contributed by atoms with Crippen LogP contribution in [0.4, 0.5) is 0 Å². The summed E-state index contributed by atoms with van der Waals surface area (Å²) in [6.07, 6.45) is -0.707. The Bertz CT molecular complexity index is 563. The molecule has 0 saturated carbocycles. The van der Waals surface area contributed by atoms with Crippen molar-refractivity contribution in [2.24, 2.45) is 5.73 Å². The van der Waals surface area contributed by atoms with Crippen LogP contribution in [0.25, 0.3) is 10.9 Å². The normalized spacial score (nSPS) is 12.7. The van der Waals surface area contributed by atoms with Gasteiger partial charge in [-0.1, -0.05) is 0 Å². The van der Waals surface area contributed by atoms with E-state index in [1.165, 1.54) is 0 Å². The van der Waals surface area contributed by atoms with Gasteiger partial charge in [0, 0.05) is 35.3 Å². The molecule has 2 rings (SSSR count). The number of methoxy groups -OCH3 is 2. The number of H-pyrrole nitrogens is 1. The van der Waals surface area contributed by atoms with E-state index < -0.39 is 6.10 Å². The Labute approximate surface area is 106 Å². The highest BCUT2D eigenvalue weighted by atomic mass is 16.5. The average molecular weight is 250 g/mol. The number of hydrogen-bond donors (Lipinski definition) is 3. The summed E-state index contributed by atoms with van der Waals surface area (Å²) in [4.78, 5) is 3.22. The van der Waals surface area contributed by atoms with E-state index in [1.54, 1.807) is 20.3 Å². The van der Waals surface area contributed by atoms with Crippen LogP contribution < -0.4 is 15.2 Å². The zero-order valence-electron chi connectivity index (χ0n) is 10.8. The molecule has 0 radical (unpaired) electrons. The highest BCUT2D eigenvalue weighted by Gasteiger charge is 2.19. The lowest BCUT2D eigenvalue weighted by Gasteiger charge is -2.11. The fourth-order valence-electron chi connectivity index (χ4n) is 2.24. The Morgan fingerprint density at radius 2 is 2.06 bits per heavy atom. The van der Waals surface area contributed by atoms with E-state index in [0.29, 0.717) is 11.5 Å². The molecule has 0 saturated heterocycles. The van der Waals surface area contributed by atoms with Gasteiger partial charge in [0.1, 0.15) is 11.5 Å². The summed E-state index contributed by atoms with van der Waals surface area (Å²) in [5, 5.41) is 10.9. The highest BCUT2D eigenvalue weighted by Crippen LogP contribution is 2.37. The first kappa shape index (κ1) is 12.7. The summed E-state index contributed by atoms with van der Waals surface area (Å²) in [6.45, 7) is 2.07. The molecule has 5 heteroatoms. The van der Waals surface area contributed by atoms with Gasteiger partial charge in [-0.2, -0.15) is 0 Å². The first-order valence-corrected chi connectivity index (χ1v) is 5.74. The third kappa shape index (κ3) is 1.91. The van der Waals surface area contributed by atoms with Crippen molar-refractivity contribution in [3.05, 3.63) is 23.4 Å². The number of aliphatic hydroxyl groups excluding tert-OH is 1. The van der Waals surface area contributed by atoms with Gasteiger partial charge in [0.05, 0.1) is 25.8 Å². The fraction of sp³-hybridized carbons (Fsp3) is 0.385. The van der Waals surface area contributed by atoms with E-state index in [2.05, 4.69) is 4.98 Å². The van der Waals surface area contributed by atoms with Gasteiger partial charge in [-0.05, 0) is 6.92 Å². The Hall–Kier alpha value is -1.72. The van der Waals surface area contributed by atoms with Crippen LogP contribution in [0.5, 0.6) is 11.5 Å². The Balaban J connectivity index is 2.76. The van der Waals surface area contributed by atoms with E-state index in [0.717, 1.165) is 22.2 Å². The standard InChI is InChI=1S/C13H18N2O3/c1-7-12(10(16)6-14)13-9(15-7)4-8(17-2)5-11(13)18-3/h4-5,10,15-16H,6,14H2,1-3H3. The molecular formula is C13H18N2O3. The summed E-state index contributed by atoms with van der Waals surface area (Å²) >= 11 is 0. The van der Waals surface area contributed by atoms with Crippen LogP contribution in [0.2, 0.25) is 0 Å². The van der Waals surface area contributed by atoms with Crippen molar-refractivity contribution in [1.29, 1.82) is 0 Å². The number of ether oxygens (including phenoxy) is 2. The Morgan fingerprint density at radius 1 is 1.33 bits per heavy atom. The molecule has 1 unspecified atom stereocenters. The molecule has 1 aromatic carbocycles. The van der Waals surface area contributed by atoms with Gasteiger partial charge in [-0.3, -0.25) is 0 Å². The zero-order chi connectivity index (χ0) is 13.3. The molecule has 0 aliphatic carbocycles. The molecular weight excluding hydrogens is 232 g/mol. The lowest BCUT2D eigenvalue weighted by Crippen LogP contribution is -2.12. The molecule has 0 amide bonds. The number of hydrogen-bond acceptors (Lipinski definition) is 4. The maximum Gasteiger partial charge on any atom is 0.132 e. The minimum atomic E-state index is -0.707. The number of aromatic amines is 1. The van der Waals surface area contributed by atoms with Gasteiger partial charge in [0.25, 0.3) is 0 Å². The number of nitrogens with one attached hydrogen (secondary N) is 1. The van der Waals surface area contributed by atoms with Gasteiger partial charge in [0.15, 0.2) is 0 Å². The molecule has 1 heterocycles. The molecule has 2 aromatic rings. The van der Waals surface area contributed by atoms with Crippen LogP contribution in [-0.2, 0) is 0 Å². The van der Waals surface area contributed by atoms with Crippen molar-refractivity contribution in [2.75, 3.05) is 20.8 Å². The van der Waals surface area contributed by atoms with E-state index in [9.17, 15) is 5.11 Å². The maximum absolute atomic E-state index is 10.0. The van der Waals surface area contributed by atoms with Crippen molar-refractivity contribution in [3.8, 4) is 11.5 Å². The predicted octanol–water partition coefficient (Wildman–Crippen LogP) is 1.49. The smallest absolute Gasteiger partial charge is 0.132 e. The van der Waals surface area contributed by atoms with Gasteiger partial charge in [-0.15, -0.1) is 0 Å². The number of nitrogens with two attached hydrogens (primary N) is 1. The van der Waals surface area contributed by atoms with Crippen LogP contribution in [0, 0.1) is 6.92 Å². The molecule has 5 nitrogen and oxygen atoms in total. The molecule has 0 spiro atoms. The van der Waals surface area contributed by atoms with Crippen LogP contribution in [0.3, 0.4) is 0 Å². The molecule has 0 bridgehead atoms. The molecule has 98 valence electrons. The number of fused-ring (bicyclic) bond motifs is 1. The van der Waals surface area contributed by atoms with Crippen molar-refractivity contribution in [2.45, 2.75) is 13.0 Å². The number of rotatable bonds is 4. The number of aromatic nitrogens is 1. The molecule has 0 aliphatic rings. The third-order valence-corrected chi connectivity index (χ3v) is 3.08. The summed E-state index contributed by atoms with van der Waals surface area (Å²) < 4.78 is 10.6. The minimum Gasteiger partial charge on any atom is -0.497 e. The number of benzene rings is 1. The van der Waals surface area contributed by atoms with Crippen LogP contribution >= 0.6 is 0 Å². The first-order valence-electron chi connectivity index (χ1n) is 5.74. The second-order valence-corrected chi connectivity index (χ2v) is 4.17. The molecule has 4 N–H and O–H groups in total. The zero-order valence-corrected chi connectivity index (χ0v) is 10.8. The molecule has 0 fully saturated rings. The Morgan fingerprint density at radius 3 is 2.61 bits per heavy atom. The lowest BCUT2D eigenvalue weighted by molar-refractivity contribution is 0.187. The quantitative estimate of drug-likeness (QED) is 0.768. The fourth-order valence-corrected chi connectivity index (χ4v) is 2.24. The van der Waals surface area contributed by atoms with E-state index in [-0.39, 0.29) is 6.54 Å². The van der Waals surface area contributed by atoms with Crippen LogP contribution in [0.1, 0.15) is 17.4 Å². The Kier molecular flexibility index (Phi) is 3.45. The van der Waals surface area contributed by atoms with Gasteiger partial charge in [-0.25, -0.2) is 0 Å². The SMILES string of the molecule is COc1cc(OC)c2c(C(O)CN)c(C)[nH]c2c1. The summed E-state index contributed by atoms with van der Waals surface area (Å²) in [7, 11) is 3.20. The molecule has 0 aliphatic heterocycles. The first-order chi connectivity index (χ1) is 8.62. The molecule has 1 atom stereocenters. The predicted molar refractivity (Wildman–Crippen MR) is 70.2 cm³/mol. The summed E-state index contributed by atoms with van der Waals surface area (Å²) in [5.74, 6) is 1.37. The largest absolute Gasteiger partial charge is 0.497 e. The van der Waals surface area contributed by atoms with E-state index in [1.807, 2.05) is 13.0 Å². The number of aryl methyl sites for hydroxylation is 1. The second kappa shape index (κ2) is 4.88. The van der Waals surface area contributed by atoms with Crippen LogP contribution in [-0.4, -0.2) is 30.9 Å². The van der Waals surface area contributed by atoms with Gasteiger partial charge < -0.3 is 25.3 Å². The highest BCUT2D eigenvalue weighted by molar-refractivity contribution is 5.92. The number of aliphatic hydroxyl groups is 1. The average Bonchev–Trinajstić information content (AvgIpc) is 2.72. The minimum absolute atomic E-state index is 0.170.